The molecule has 1 aromatic heterocycles. The summed E-state index contributed by atoms with van der Waals surface area (Å²) in [6.45, 7) is 2.26. The maximum absolute atomic E-state index is 11.3. The number of nitrogens with zero attached hydrogens (tertiary/aromatic N) is 1. The molecular formula is C17H15NO5. The van der Waals surface area contributed by atoms with Crippen molar-refractivity contribution in [2.75, 3.05) is 13.7 Å². The van der Waals surface area contributed by atoms with Crippen molar-refractivity contribution in [3.8, 4) is 22.8 Å². The molecule has 0 fully saturated rings. The van der Waals surface area contributed by atoms with E-state index in [-0.39, 0.29) is 11.3 Å². The zero-order valence-electron chi connectivity index (χ0n) is 12.7. The van der Waals surface area contributed by atoms with Crippen LogP contribution in [0.25, 0.3) is 22.3 Å². The average Bonchev–Trinajstić information content (AvgIpc) is 2.98. The fourth-order valence-corrected chi connectivity index (χ4v) is 2.39. The summed E-state index contributed by atoms with van der Waals surface area (Å²) in [5, 5.41) is 11.9. The van der Waals surface area contributed by atoms with Crippen LogP contribution in [-0.2, 0) is 0 Å². The molecule has 118 valence electrons. The second-order valence-electron chi connectivity index (χ2n) is 4.89. The molecular weight excluding hydrogens is 298 g/mol. The Morgan fingerprint density at radius 2 is 1.87 bits per heavy atom. The van der Waals surface area contributed by atoms with Crippen LogP contribution in [0.4, 0.5) is 5.69 Å². The van der Waals surface area contributed by atoms with Gasteiger partial charge in [0.2, 0.25) is 5.58 Å². The number of fused-ring (bicyclic) bond motifs is 1. The highest BCUT2D eigenvalue weighted by Gasteiger charge is 2.20. The van der Waals surface area contributed by atoms with E-state index >= 15 is 0 Å². The number of hydrogen-bond donors (Lipinski definition) is 0. The molecule has 0 bridgehead atoms. The maximum Gasteiger partial charge on any atom is 0.315 e. The summed E-state index contributed by atoms with van der Waals surface area (Å²) in [6.07, 6.45) is 0. The molecule has 3 rings (SSSR count). The SMILES string of the molecule is CCOc1cc([N+](=O)[O-])c2oc(-c3ccc(OC)cc3)cc2c1. The van der Waals surface area contributed by atoms with Gasteiger partial charge < -0.3 is 13.9 Å². The number of hydrogen-bond acceptors (Lipinski definition) is 5. The van der Waals surface area contributed by atoms with Crippen LogP contribution in [0, 0.1) is 10.1 Å². The molecule has 0 N–H and O–H groups in total. The molecule has 0 amide bonds. The van der Waals surface area contributed by atoms with Gasteiger partial charge in [-0.15, -0.1) is 0 Å². The maximum atomic E-state index is 11.3. The highest BCUT2D eigenvalue weighted by Crippen LogP contribution is 2.36. The predicted molar refractivity (Wildman–Crippen MR) is 86.0 cm³/mol. The lowest BCUT2D eigenvalue weighted by Crippen LogP contribution is -1.94. The summed E-state index contributed by atoms with van der Waals surface area (Å²) in [5.41, 5.74) is 0.948. The Bertz CT molecular complexity index is 851. The van der Waals surface area contributed by atoms with Crippen LogP contribution in [0.2, 0.25) is 0 Å². The predicted octanol–water partition coefficient (Wildman–Crippen LogP) is 4.42. The minimum Gasteiger partial charge on any atom is -0.497 e. The first kappa shape index (κ1) is 14.9. The number of nitro groups is 1. The monoisotopic (exact) mass is 313 g/mol. The molecule has 6 heteroatoms. The van der Waals surface area contributed by atoms with Gasteiger partial charge in [0.1, 0.15) is 17.3 Å². The Kier molecular flexibility index (Phi) is 3.89. The van der Waals surface area contributed by atoms with E-state index in [4.69, 9.17) is 13.9 Å². The molecule has 0 radical (unpaired) electrons. The smallest absolute Gasteiger partial charge is 0.315 e. The number of benzene rings is 2. The van der Waals surface area contributed by atoms with Crippen LogP contribution < -0.4 is 9.47 Å². The Hall–Kier alpha value is -3.02. The standard InChI is InChI=1S/C17H15NO5/c1-3-22-14-8-12-9-16(11-4-6-13(21-2)7-5-11)23-17(12)15(10-14)18(19)20/h4-10H,3H2,1-2H3. The van der Waals surface area contributed by atoms with Crippen molar-refractivity contribution in [3.05, 3.63) is 52.6 Å². The second-order valence-corrected chi connectivity index (χ2v) is 4.89. The van der Waals surface area contributed by atoms with E-state index in [0.717, 1.165) is 11.3 Å². The number of methoxy groups -OCH3 is 1. The van der Waals surface area contributed by atoms with Crippen LogP contribution in [0.5, 0.6) is 11.5 Å². The van der Waals surface area contributed by atoms with Gasteiger partial charge >= 0.3 is 5.69 Å². The molecule has 0 saturated heterocycles. The minimum absolute atomic E-state index is 0.106. The molecule has 1 heterocycles. The zero-order valence-corrected chi connectivity index (χ0v) is 12.7. The molecule has 0 unspecified atom stereocenters. The van der Waals surface area contributed by atoms with Crippen molar-refractivity contribution in [2.24, 2.45) is 0 Å². The lowest BCUT2D eigenvalue weighted by Gasteiger charge is -2.02. The zero-order chi connectivity index (χ0) is 16.4. The highest BCUT2D eigenvalue weighted by molar-refractivity contribution is 5.91. The number of ether oxygens (including phenoxy) is 2. The van der Waals surface area contributed by atoms with Crippen molar-refractivity contribution in [3.63, 3.8) is 0 Å². The van der Waals surface area contributed by atoms with Gasteiger partial charge in [-0.25, -0.2) is 0 Å². The number of rotatable bonds is 5. The van der Waals surface area contributed by atoms with Gasteiger partial charge in [0.15, 0.2) is 0 Å². The highest BCUT2D eigenvalue weighted by atomic mass is 16.6. The summed E-state index contributed by atoms with van der Waals surface area (Å²) >= 11 is 0. The van der Waals surface area contributed by atoms with Crippen LogP contribution in [0.1, 0.15) is 6.92 Å². The van der Waals surface area contributed by atoms with Gasteiger partial charge in [-0.1, -0.05) is 0 Å². The summed E-state index contributed by atoms with van der Waals surface area (Å²) in [6, 6.07) is 12.2. The fraction of sp³-hybridized carbons (Fsp3) is 0.176. The third-order valence-corrected chi connectivity index (χ3v) is 3.45. The van der Waals surface area contributed by atoms with Gasteiger partial charge in [0, 0.05) is 10.9 Å². The van der Waals surface area contributed by atoms with E-state index in [1.807, 2.05) is 31.2 Å². The third kappa shape index (κ3) is 2.83. The summed E-state index contributed by atoms with van der Waals surface area (Å²) in [7, 11) is 1.59. The van der Waals surface area contributed by atoms with Crippen LogP contribution in [0.3, 0.4) is 0 Å². The third-order valence-electron chi connectivity index (χ3n) is 3.45. The Balaban J connectivity index is 2.12. The van der Waals surface area contributed by atoms with Crippen LogP contribution in [0.15, 0.2) is 46.9 Å². The van der Waals surface area contributed by atoms with Crippen molar-refractivity contribution in [2.45, 2.75) is 6.92 Å². The van der Waals surface area contributed by atoms with Crippen molar-refractivity contribution >= 4 is 16.7 Å². The van der Waals surface area contributed by atoms with Crippen LogP contribution >= 0.6 is 0 Å². The Morgan fingerprint density at radius 1 is 1.13 bits per heavy atom. The molecule has 0 spiro atoms. The van der Waals surface area contributed by atoms with E-state index in [9.17, 15) is 10.1 Å². The largest absolute Gasteiger partial charge is 0.497 e. The lowest BCUT2D eigenvalue weighted by atomic mass is 10.1. The quantitative estimate of drug-likeness (QED) is 0.515. The topological polar surface area (TPSA) is 74.7 Å². The second kappa shape index (κ2) is 6.00. The first-order valence-electron chi connectivity index (χ1n) is 7.11. The van der Waals surface area contributed by atoms with Gasteiger partial charge in [0.25, 0.3) is 0 Å². The lowest BCUT2D eigenvalue weighted by molar-refractivity contribution is -0.383. The molecule has 0 aliphatic heterocycles. The molecule has 0 aliphatic carbocycles. The Labute approximate surface area is 132 Å². The summed E-state index contributed by atoms with van der Waals surface area (Å²) < 4.78 is 16.2. The van der Waals surface area contributed by atoms with Crippen molar-refractivity contribution in [1.29, 1.82) is 0 Å². The van der Waals surface area contributed by atoms with E-state index in [2.05, 4.69) is 0 Å². The molecule has 0 aliphatic rings. The molecule has 23 heavy (non-hydrogen) atoms. The average molecular weight is 313 g/mol. The van der Waals surface area contributed by atoms with E-state index in [1.54, 1.807) is 19.2 Å². The first-order valence-corrected chi connectivity index (χ1v) is 7.11. The minimum atomic E-state index is -0.466. The van der Waals surface area contributed by atoms with Gasteiger partial charge in [-0.05, 0) is 43.3 Å². The van der Waals surface area contributed by atoms with Gasteiger partial charge in [-0.3, -0.25) is 10.1 Å². The number of nitro benzene ring substituents is 1. The normalized spacial score (nSPS) is 10.7. The van der Waals surface area contributed by atoms with E-state index < -0.39 is 4.92 Å². The number of non-ortho nitro benzene ring substituents is 1. The summed E-state index contributed by atoms with van der Waals surface area (Å²) in [5.74, 6) is 1.74. The van der Waals surface area contributed by atoms with Crippen molar-refractivity contribution < 1.29 is 18.8 Å². The number of furan rings is 1. The molecule has 0 atom stereocenters. The van der Waals surface area contributed by atoms with Gasteiger partial charge in [-0.2, -0.15) is 0 Å². The Morgan fingerprint density at radius 3 is 2.48 bits per heavy atom. The molecule has 0 saturated carbocycles. The molecule has 6 nitrogen and oxygen atoms in total. The van der Waals surface area contributed by atoms with Crippen molar-refractivity contribution in [1.82, 2.24) is 0 Å². The molecule has 3 aromatic rings. The first-order chi connectivity index (χ1) is 11.1. The van der Waals surface area contributed by atoms with E-state index in [0.29, 0.717) is 23.5 Å². The molecule has 2 aromatic carbocycles. The summed E-state index contributed by atoms with van der Waals surface area (Å²) in [4.78, 5) is 10.8. The van der Waals surface area contributed by atoms with E-state index in [1.165, 1.54) is 6.07 Å². The van der Waals surface area contributed by atoms with Gasteiger partial charge in [0.05, 0.1) is 24.7 Å². The van der Waals surface area contributed by atoms with Crippen LogP contribution in [-0.4, -0.2) is 18.6 Å². The fourth-order valence-electron chi connectivity index (χ4n) is 2.39.